The maximum Gasteiger partial charge on any atom is 0.373 e. The molecule has 37 heavy (non-hydrogen) atoms. The van der Waals surface area contributed by atoms with Gasteiger partial charge in [0.15, 0.2) is 0 Å². The number of rotatable bonds is 5. The van der Waals surface area contributed by atoms with Crippen molar-refractivity contribution in [3.63, 3.8) is 0 Å². The molecule has 188 valence electrons. The first-order chi connectivity index (χ1) is 17.7. The number of aliphatic imine (C=N–C) groups is 1. The summed E-state index contributed by atoms with van der Waals surface area (Å²) in [6.07, 6.45) is 6.38. The van der Waals surface area contributed by atoms with E-state index < -0.39 is 25.9 Å². The molecule has 0 spiro atoms. The van der Waals surface area contributed by atoms with Crippen LogP contribution in [0.15, 0.2) is 70.5 Å². The van der Waals surface area contributed by atoms with Crippen molar-refractivity contribution in [3.8, 4) is 0 Å². The van der Waals surface area contributed by atoms with Crippen molar-refractivity contribution in [1.82, 2.24) is 5.06 Å². The van der Waals surface area contributed by atoms with Crippen molar-refractivity contribution in [2.75, 3.05) is 19.4 Å². The molecule has 2 amide bonds. The number of allylic oxidation sites excluding steroid dienone is 5. The molecule has 1 aliphatic carbocycles. The summed E-state index contributed by atoms with van der Waals surface area (Å²) >= 11 is 1.30. The number of hydrogen-bond acceptors (Lipinski definition) is 7. The molecule has 1 unspecified atom stereocenters. The fourth-order valence-corrected chi connectivity index (χ4v) is 9.32. The number of nitrogens with one attached hydrogen (secondary N) is 1. The van der Waals surface area contributed by atoms with Gasteiger partial charge in [-0.3, -0.25) is 14.6 Å². The van der Waals surface area contributed by atoms with E-state index in [1.807, 2.05) is 20.0 Å². The minimum Gasteiger partial charge on any atom is -0.388 e. The Hall–Kier alpha value is -3.82. The molecule has 1 aromatic heterocycles. The van der Waals surface area contributed by atoms with Crippen LogP contribution < -0.4 is 10.5 Å². The number of hydroxylamine groups is 2. The van der Waals surface area contributed by atoms with Gasteiger partial charge in [-0.25, -0.2) is 4.79 Å². The zero-order chi connectivity index (χ0) is 26.5. The standard InChI is InChI=1S/C28H27N3O4SSi/c1-6-37(5)22-14-17(29-3)7-9-19(22)26(20-10-8-18(30-4)15-23(20)37)27-16(2)13-21(36-27)28(34)35-31-24(32)11-12-25(31)33/h6-10,13-15,29H,1,11-12H2,2-5H3. The summed E-state index contributed by atoms with van der Waals surface area (Å²) in [5.74, 6) is -1.71. The van der Waals surface area contributed by atoms with Gasteiger partial charge in [0.05, 0.1) is 5.71 Å². The van der Waals surface area contributed by atoms with Gasteiger partial charge in [-0.15, -0.1) is 23.0 Å². The van der Waals surface area contributed by atoms with Crippen LogP contribution >= 0.6 is 11.3 Å². The van der Waals surface area contributed by atoms with Crippen LogP contribution in [0.25, 0.3) is 5.57 Å². The number of imide groups is 1. The van der Waals surface area contributed by atoms with Gasteiger partial charge >= 0.3 is 5.97 Å². The van der Waals surface area contributed by atoms with E-state index in [-0.39, 0.29) is 12.8 Å². The van der Waals surface area contributed by atoms with E-state index in [4.69, 9.17) is 4.84 Å². The molecule has 1 atom stereocenters. The SMILES string of the molecule is C=C[Si]1(C)C2=CC(=NC)C=CC2=C(c2sc(C(=O)ON3C(=O)CCC3=O)cc2C)c2ccc(NC)cc21. The van der Waals surface area contributed by atoms with Gasteiger partial charge in [-0.1, -0.05) is 24.4 Å². The van der Waals surface area contributed by atoms with Gasteiger partial charge in [0, 0.05) is 43.1 Å². The summed E-state index contributed by atoms with van der Waals surface area (Å²) in [5, 5.41) is 6.29. The molecule has 1 N–H and O–H groups in total. The van der Waals surface area contributed by atoms with E-state index in [0.717, 1.165) is 38.5 Å². The highest BCUT2D eigenvalue weighted by molar-refractivity contribution is 7.15. The van der Waals surface area contributed by atoms with Crippen LogP contribution in [0.5, 0.6) is 0 Å². The number of anilines is 1. The van der Waals surface area contributed by atoms with E-state index in [1.165, 1.54) is 21.7 Å². The number of nitrogens with zero attached hydrogens (tertiary/aromatic N) is 2. The molecule has 1 fully saturated rings. The van der Waals surface area contributed by atoms with Crippen LogP contribution in [-0.4, -0.2) is 50.7 Å². The summed E-state index contributed by atoms with van der Waals surface area (Å²) in [6, 6.07) is 8.14. The fraction of sp³-hybridized carbons (Fsp3) is 0.214. The molecular formula is C28H27N3O4SSi. The van der Waals surface area contributed by atoms with Gasteiger partial charge in [0.25, 0.3) is 11.8 Å². The minimum absolute atomic E-state index is 0.0545. The second-order valence-corrected chi connectivity index (χ2v) is 14.3. The van der Waals surface area contributed by atoms with Crippen molar-refractivity contribution in [2.45, 2.75) is 26.3 Å². The maximum absolute atomic E-state index is 13.0. The zero-order valence-corrected chi connectivity index (χ0v) is 23.0. The third-order valence-corrected chi connectivity index (χ3v) is 12.3. The molecule has 0 bridgehead atoms. The number of hydrogen-bond donors (Lipinski definition) is 1. The lowest BCUT2D eigenvalue weighted by molar-refractivity contribution is -0.172. The van der Waals surface area contributed by atoms with Crippen molar-refractivity contribution < 1.29 is 19.2 Å². The Morgan fingerprint density at radius 3 is 2.59 bits per heavy atom. The Kier molecular flexibility index (Phi) is 6.21. The quantitative estimate of drug-likeness (QED) is 0.462. The Morgan fingerprint density at radius 1 is 1.22 bits per heavy atom. The molecule has 0 saturated carbocycles. The largest absolute Gasteiger partial charge is 0.388 e. The minimum atomic E-state index is -2.32. The highest BCUT2D eigenvalue weighted by atomic mass is 32.1. The topological polar surface area (TPSA) is 88.1 Å². The van der Waals surface area contributed by atoms with Gasteiger partial charge < -0.3 is 10.2 Å². The summed E-state index contributed by atoms with van der Waals surface area (Å²) in [7, 11) is 1.37. The van der Waals surface area contributed by atoms with Crippen molar-refractivity contribution in [1.29, 1.82) is 0 Å². The molecule has 3 aliphatic rings. The molecule has 3 heterocycles. The molecule has 2 aromatic rings. The van der Waals surface area contributed by atoms with E-state index in [0.29, 0.717) is 9.94 Å². The molecule has 1 aromatic carbocycles. The van der Waals surface area contributed by atoms with Gasteiger partial charge in [0.1, 0.15) is 13.0 Å². The van der Waals surface area contributed by atoms with Crippen molar-refractivity contribution in [3.05, 3.63) is 86.4 Å². The smallest absolute Gasteiger partial charge is 0.373 e. The number of thiophene rings is 1. The molecule has 0 radical (unpaired) electrons. The molecule has 2 aliphatic heterocycles. The monoisotopic (exact) mass is 529 g/mol. The van der Waals surface area contributed by atoms with Crippen LogP contribution in [0.3, 0.4) is 0 Å². The van der Waals surface area contributed by atoms with Crippen LogP contribution in [0.4, 0.5) is 5.69 Å². The predicted octanol–water partition coefficient (Wildman–Crippen LogP) is 4.25. The van der Waals surface area contributed by atoms with Gasteiger partial charge in [0.2, 0.25) is 0 Å². The van der Waals surface area contributed by atoms with E-state index >= 15 is 0 Å². The average Bonchev–Trinajstić information content (AvgIpc) is 3.45. The Balaban J connectivity index is 1.68. The first-order valence-electron chi connectivity index (χ1n) is 12.0. The Labute approximate surface area is 220 Å². The van der Waals surface area contributed by atoms with Gasteiger partial charge in [-0.2, -0.15) is 0 Å². The lowest BCUT2D eigenvalue weighted by Crippen LogP contribution is -2.50. The first kappa shape index (κ1) is 24.9. The second kappa shape index (κ2) is 9.24. The lowest BCUT2D eigenvalue weighted by atomic mass is 9.92. The number of benzene rings is 1. The fourth-order valence-electron chi connectivity index (χ4n) is 5.04. The third-order valence-electron chi connectivity index (χ3n) is 7.16. The molecule has 5 rings (SSSR count). The average molecular weight is 530 g/mol. The summed E-state index contributed by atoms with van der Waals surface area (Å²) in [4.78, 5) is 47.7. The van der Waals surface area contributed by atoms with Crippen molar-refractivity contribution in [2.24, 2.45) is 4.99 Å². The van der Waals surface area contributed by atoms with E-state index in [9.17, 15) is 14.4 Å². The van der Waals surface area contributed by atoms with Crippen LogP contribution in [-0.2, 0) is 14.4 Å². The van der Waals surface area contributed by atoms with E-state index in [2.05, 4.69) is 59.5 Å². The second-order valence-electron chi connectivity index (χ2n) is 9.33. The number of amides is 2. The maximum atomic E-state index is 13.0. The molecule has 7 nitrogen and oxygen atoms in total. The lowest BCUT2D eigenvalue weighted by Gasteiger charge is -2.38. The molecule has 9 heteroatoms. The highest BCUT2D eigenvalue weighted by Crippen LogP contribution is 2.45. The number of carbonyl (C=O) groups is 3. The molecular weight excluding hydrogens is 502 g/mol. The summed E-state index contributed by atoms with van der Waals surface area (Å²) in [6.45, 7) is 8.50. The predicted molar refractivity (Wildman–Crippen MR) is 150 cm³/mol. The Morgan fingerprint density at radius 2 is 1.95 bits per heavy atom. The number of carbonyl (C=O) groups excluding carboxylic acids is 3. The van der Waals surface area contributed by atoms with Crippen LogP contribution in [0, 0.1) is 6.92 Å². The van der Waals surface area contributed by atoms with Crippen LogP contribution in [0.1, 0.15) is 38.5 Å². The molecule has 1 saturated heterocycles. The van der Waals surface area contributed by atoms with Gasteiger partial charge in [-0.05, 0) is 64.4 Å². The van der Waals surface area contributed by atoms with E-state index in [1.54, 1.807) is 13.1 Å². The number of aryl methyl sites for hydroxylation is 1. The summed E-state index contributed by atoms with van der Waals surface area (Å²) in [5.41, 5.74) is 8.18. The third kappa shape index (κ3) is 3.95. The van der Waals surface area contributed by atoms with Crippen molar-refractivity contribution >= 4 is 59.4 Å². The highest BCUT2D eigenvalue weighted by Gasteiger charge is 2.42. The summed E-state index contributed by atoms with van der Waals surface area (Å²) < 4.78 is 0. The first-order valence-corrected chi connectivity index (χ1v) is 15.4. The number of fused-ring (bicyclic) bond motifs is 2. The van der Waals surface area contributed by atoms with Crippen LogP contribution in [0.2, 0.25) is 6.55 Å². The normalized spacial score (nSPS) is 21.7. The Bertz CT molecular complexity index is 1500. The zero-order valence-electron chi connectivity index (χ0n) is 21.2.